The molecule has 3 aromatic rings. The molecular weight excluding hydrogens is 466 g/mol. The second-order valence-corrected chi connectivity index (χ2v) is 9.77. The predicted molar refractivity (Wildman–Crippen MR) is 111 cm³/mol. The van der Waals surface area contributed by atoms with E-state index < -0.39 is 21.2 Å². The van der Waals surface area contributed by atoms with Gasteiger partial charge in [-0.25, -0.2) is 4.39 Å². The minimum absolute atomic E-state index is 0. The topological polar surface area (TPSA) is 34.2 Å². The minimum Gasteiger partial charge on any atom is -0.490 e. The zero-order chi connectivity index (χ0) is 21.6. The molecule has 0 atom stereocenters. The molecule has 170 valence electrons. The summed E-state index contributed by atoms with van der Waals surface area (Å²) in [5, 5.41) is 4.76. The van der Waals surface area contributed by atoms with Crippen molar-refractivity contribution < 1.29 is 28.6 Å². The lowest BCUT2D eigenvalue weighted by Crippen LogP contribution is -2.46. The number of nitrogens with one attached hydrogen (secondary N) is 1. The van der Waals surface area contributed by atoms with Gasteiger partial charge < -0.3 is 10.1 Å². The number of rotatable bonds is 6. The fourth-order valence-corrected chi connectivity index (χ4v) is 4.12. The van der Waals surface area contributed by atoms with Crippen molar-refractivity contribution >= 4 is 33.4 Å². The molecule has 0 radical (unpaired) electrons. The maximum Gasteiger partial charge on any atom is 0.310 e. The number of fused-ring (bicyclic) bond motifs is 1. The van der Waals surface area contributed by atoms with E-state index in [1.54, 1.807) is 24.5 Å². The number of pyridine rings is 1. The quantitative estimate of drug-likeness (QED) is 0.377. The van der Waals surface area contributed by atoms with Crippen LogP contribution in [0.2, 0.25) is 0 Å². The Bertz CT molecular complexity index is 1110. The van der Waals surface area contributed by atoms with E-state index in [0.717, 1.165) is 16.8 Å². The SMILES string of the molecule is Cl.Fc1ccc2cnccc2c1CNC1CC(Oc2cccc(S(F)(F)(F)(F)F)c2)C1. The Balaban J connectivity index is 0.00000272. The molecule has 1 N–H and O–H groups in total. The summed E-state index contributed by atoms with van der Waals surface area (Å²) >= 11 is 0. The van der Waals surface area contributed by atoms with Gasteiger partial charge in [-0.3, -0.25) is 4.98 Å². The van der Waals surface area contributed by atoms with Gasteiger partial charge in [0.15, 0.2) is 0 Å². The summed E-state index contributed by atoms with van der Waals surface area (Å²) in [7, 11) is -9.74. The lowest BCUT2D eigenvalue weighted by molar-refractivity contribution is 0.0839. The van der Waals surface area contributed by atoms with Gasteiger partial charge in [-0.1, -0.05) is 25.5 Å². The van der Waals surface area contributed by atoms with Crippen LogP contribution in [0.1, 0.15) is 18.4 Å². The summed E-state index contributed by atoms with van der Waals surface area (Å²) < 4.78 is 84.3. The van der Waals surface area contributed by atoms with Crippen LogP contribution in [0.25, 0.3) is 10.8 Å². The van der Waals surface area contributed by atoms with Crippen LogP contribution in [0, 0.1) is 5.82 Å². The Morgan fingerprint density at radius 3 is 2.48 bits per heavy atom. The molecule has 1 aliphatic carbocycles. The first-order valence-electron chi connectivity index (χ1n) is 9.14. The molecule has 1 fully saturated rings. The van der Waals surface area contributed by atoms with Gasteiger partial charge in [0.1, 0.15) is 22.6 Å². The predicted octanol–water partition coefficient (Wildman–Crippen LogP) is 7.15. The number of hydrogen-bond donors (Lipinski definition) is 1. The summed E-state index contributed by atoms with van der Waals surface area (Å²) in [6.07, 6.45) is 3.76. The fourth-order valence-electron chi connectivity index (χ4n) is 3.44. The van der Waals surface area contributed by atoms with Crippen molar-refractivity contribution in [2.75, 3.05) is 0 Å². The van der Waals surface area contributed by atoms with Crippen LogP contribution in [-0.4, -0.2) is 17.1 Å². The van der Waals surface area contributed by atoms with Crippen molar-refractivity contribution in [2.24, 2.45) is 0 Å². The van der Waals surface area contributed by atoms with E-state index in [0.29, 0.717) is 30.5 Å². The van der Waals surface area contributed by atoms with Gasteiger partial charge in [-0.2, -0.15) is 0 Å². The molecule has 0 saturated heterocycles. The first kappa shape index (κ1) is 23.5. The standard InChI is InChI=1S/C20H18F6N2OS.ClH/c21-20-5-4-13-11-27-7-6-18(13)19(20)12-28-14-8-16(9-14)29-15-2-1-3-17(10-15)30(22,23,24,25)26;/h1-7,10-11,14,16,28H,8-9,12H2;1H. The zero-order valence-corrected chi connectivity index (χ0v) is 17.5. The molecule has 11 heteroatoms. The van der Waals surface area contributed by atoms with Crippen molar-refractivity contribution in [2.45, 2.75) is 36.4 Å². The first-order valence-corrected chi connectivity index (χ1v) is 11.1. The number of halogens is 7. The normalized spacial score (nSPS) is 20.8. The molecule has 0 amide bonds. The molecule has 31 heavy (non-hydrogen) atoms. The highest BCUT2D eigenvalue weighted by atomic mass is 35.5. The molecule has 1 aliphatic rings. The molecular formula is C20H19ClF6N2OS. The van der Waals surface area contributed by atoms with E-state index in [2.05, 4.69) is 10.3 Å². The van der Waals surface area contributed by atoms with Crippen molar-refractivity contribution in [1.82, 2.24) is 10.3 Å². The summed E-state index contributed by atoms with van der Waals surface area (Å²) in [4.78, 5) is 2.04. The van der Waals surface area contributed by atoms with Gasteiger partial charge in [0.05, 0.1) is 0 Å². The second-order valence-electron chi connectivity index (χ2n) is 7.36. The maximum absolute atomic E-state index is 14.2. The van der Waals surface area contributed by atoms with Gasteiger partial charge in [-0.15, -0.1) is 12.4 Å². The van der Waals surface area contributed by atoms with Crippen molar-refractivity contribution in [3.8, 4) is 5.75 Å². The van der Waals surface area contributed by atoms with E-state index in [1.807, 2.05) is 0 Å². The van der Waals surface area contributed by atoms with Crippen LogP contribution in [0.3, 0.4) is 0 Å². The zero-order valence-electron chi connectivity index (χ0n) is 15.9. The number of aromatic nitrogens is 1. The summed E-state index contributed by atoms with van der Waals surface area (Å²) in [5.41, 5.74) is 0.503. The summed E-state index contributed by atoms with van der Waals surface area (Å²) in [5.74, 6) is -0.599. The smallest absolute Gasteiger partial charge is 0.310 e. The van der Waals surface area contributed by atoms with Crippen LogP contribution in [0.4, 0.5) is 23.8 Å². The van der Waals surface area contributed by atoms with Gasteiger partial charge in [0, 0.05) is 42.0 Å². The van der Waals surface area contributed by atoms with Crippen molar-refractivity contribution in [3.05, 3.63) is 66.2 Å². The van der Waals surface area contributed by atoms with Gasteiger partial charge in [0.2, 0.25) is 0 Å². The number of benzene rings is 2. The molecule has 0 bridgehead atoms. The van der Waals surface area contributed by atoms with E-state index in [-0.39, 0.29) is 36.6 Å². The van der Waals surface area contributed by atoms with Crippen LogP contribution < -0.4 is 10.1 Å². The Morgan fingerprint density at radius 2 is 1.77 bits per heavy atom. The third-order valence-corrected chi connectivity index (χ3v) is 6.24. The third-order valence-electron chi connectivity index (χ3n) is 5.09. The average molecular weight is 485 g/mol. The molecule has 4 rings (SSSR count). The molecule has 0 spiro atoms. The second kappa shape index (κ2) is 7.46. The maximum atomic E-state index is 14.2. The lowest BCUT2D eigenvalue weighted by atomic mass is 9.89. The lowest BCUT2D eigenvalue weighted by Gasteiger charge is -2.41. The molecule has 1 heterocycles. The van der Waals surface area contributed by atoms with Gasteiger partial charge in [-0.05, 0) is 48.6 Å². The largest absolute Gasteiger partial charge is 0.490 e. The Labute approximate surface area is 180 Å². The van der Waals surface area contributed by atoms with Crippen LogP contribution in [-0.2, 0) is 6.54 Å². The molecule has 0 unspecified atom stereocenters. The highest BCUT2D eigenvalue weighted by Crippen LogP contribution is 3.02. The van der Waals surface area contributed by atoms with Crippen molar-refractivity contribution in [3.63, 3.8) is 0 Å². The molecule has 1 saturated carbocycles. The highest BCUT2D eigenvalue weighted by molar-refractivity contribution is 8.45. The van der Waals surface area contributed by atoms with E-state index >= 15 is 0 Å². The van der Waals surface area contributed by atoms with E-state index in [4.69, 9.17) is 4.74 Å². The minimum atomic E-state index is -9.74. The van der Waals surface area contributed by atoms with Crippen LogP contribution in [0.15, 0.2) is 59.8 Å². The summed E-state index contributed by atoms with van der Waals surface area (Å²) in [6, 6.07) is 7.52. The molecule has 0 aliphatic heterocycles. The number of ether oxygens (including phenoxy) is 1. The molecule has 3 nitrogen and oxygen atoms in total. The van der Waals surface area contributed by atoms with Crippen molar-refractivity contribution in [1.29, 1.82) is 0 Å². The Kier molecular flexibility index (Phi) is 5.65. The molecule has 1 aromatic heterocycles. The fraction of sp³-hybridized carbons (Fsp3) is 0.250. The third kappa shape index (κ3) is 5.36. The Hall–Kier alpha value is -2.17. The average Bonchev–Trinajstić information content (AvgIpc) is 2.63. The van der Waals surface area contributed by atoms with Crippen LogP contribution in [0.5, 0.6) is 5.75 Å². The van der Waals surface area contributed by atoms with Crippen LogP contribution >= 0.6 is 22.6 Å². The first-order chi connectivity index (χ1) is 13.9. The van der Waals surface area contributed by atoms with E-state index in [1.165, 1.54) is 12.1 Å². The molecule has 2 aromatic carbocycles. The highest BCUT2D eigenvalue weighted by Gasteiger charge is 2.65. The number of nitrogens with zero attached hydrogens (tertiary/aromatic N) is 1. The number of hydrogen-bond acceptors (Lipinski definition) is 3. The summed E-state index contributed by atoms with van der Waals surface area (Å²) in [6.45, 7) is 0.268. The van der Waals surface area contributed by atoms with Gasteiger partial charge in [0.25, 0.3) is 0 Å². The Morgan fingerprint density at radius 1 is 1.03 bits per heavy atom. The van der Waals surface area contributed by atoms with E-state index in [9.17, 15) is 23.8 Å². The monoisotopic (exact) mass is 484 g/mol. The van der Waals surface area contributed by atoms with Gasteiger partial charge >= 0.3 is 10.2 Å².